The average Bonchev–Trinajstić information content (AvgIpc) is 2.91. The molecule has 0 spiro atoms. The molecule has 2 aliphatic heterocycles. The highest BCUT2D eigenvalue weighted by Crippen LogP contribution is 2.33. The molecular weight excluding hydrogens is 340 g/mol. The molecule has 2 aliphatic rings. The second-order valence-electron chi connectivity index (χ2n) is 6.13. The zero-order chi connectivity index (χ0) is 18.0. The molecule has 2 atom stereocenters. The molecule has 0 aliphatic carbocycles. The summed E-state index contributed by atoms with van der Waals surface area (Å²) in [6, 6.07) is 5.03. The van der Waals surface area contributed by atoms with Gasteiger partial charge in [-0.3, -0.25) is 4.79 Å². The summed E-state index contributed by atoms with van der Waals surface area (Å²) in [5.41, 5.74) is 0.789. The van der Waals surface area contributed by atoms with Crippen LogP contribution < -0.4 is 4.74 Å². The molecule has 7 heteroatoms. The molecule has 0 bridgehead atoms. The van der Waals surface area contributed by atoms with Crippen molar-refractivity contribution in [2.75, 3.05) is 19.7 Å². The molecule has 0 unspecified atom stereocenters. The molecule has 6 nitrogen and oxygen atoms in total. The predicted octanol–water partition coefficient (Wildman–Crippen LogP) is 2.87. The van der Waals surface area contributed by atoms with Crippen molar-refractivity contribution in [2.24, 2.45) is 4.99 Å². The first kappa shape index (κ1) is 17.8. The van der Waals surface area contributed by atoms with Gasteiger partial charge in [-0.25, -0.2) is 0 Å². The summed E-state index contributed by atoms with van der Waals surface area (Å²) in [5.74, 6) is 0.254. The zero-order valence-corrected chi connectivity index (χ0v) is 15.4. The number of amides is 1. The maximum Gasteiger partial charge on any atom is 0.286 e. The summed E-state index contributed by atoms with van der Waals surface area (Å²) in [4.78, 5) is 19.1. The Balaban J connectivity index is 1.76. The van der Waals surface area contributed by atoms with Gasteiger partial charge in [0, 0.05) is 13.1 Å². The number of thioether (sulfide) groups is 1. The van der Waals surface area contributed by atoms with Crippen LogP contribution in [0.4, 0.5) is 0 Å². The summed E-state index contributed by atoms with van der Waals surface area (Å²) in [5, 5.41) is 10.5. The third-order valence-corrected chi connectivity index (χ3v) is 4.93. The number of phenolic OH excluding ortho intramolecular Hbond substituents is 1. The van der Waals surface area contributed by atoms with Gasteiger partial charge >= 0.3 is 0 Å². The summed E-state index contributed by atoms with van der Waals surface area (Å²) in [6.07, 6.45) is 2.00. The van der Waals surface area contributed by atoms with E-state index in [-0.39, 0.29) is 23.9 Å². The Morgan fingerprint density at radius 2 is 2.12 bits per heavy atom. The summed E-state index contributed by atoms with van der Waals surface area (Å²) in [6.45, 7) is 7.81. The van der Waals surface area contributed by atoms with Crippen molar-refractivity contribution in [3.05, 3.63) is 28.7 Å². The van der Waals surface area contributed by atoms with Gasteiger partial charge in [0.1, 0.15) is 0 Å². The number of benzene rings is 1. The van der Waals surface area contributed by atoms with Crippen molar-refractivity contribution >= 4 is 28.9 Å². The van der Waals surface area contributed by atoms with E-state index in [4.69, 9.17) is 9.47 Å². The van der Waals surface area contributed by atoms with Crippen LogP contribution in [0.3, 0.4) is 0 Å². The standard InChI is InChI=1S/C18H22N2O4S/c1-4-23-15-7-13(5-6-14(15)21)8-16-17(22)19-18(25-16)20-9-11(2)24-12(3)10-20/h5-8,11-12,21H,4,9-10H2,1-3H3/b16-8-/t11-,12+. The number of morpholine rings is 1. The van der Waals surface area contributed by atoms with E-state index >= 15 is 0 Å². The highest BCUT2D eigenvalue weighted by Gasteiger charge is 2.31. The number of rotatable bonds is 3. The molecule has 1 fully saturated rings. The van der Waals surface area contributed by atoms with Crippen molar-refractivity contribution < 1.29 is 19.4 Å². The van der Waals surface area contributed by atoms with Crippen molar-refractivity contribution in [2.45, 2.75) is 33.0 Å². The monoisotopic (exact) mass is 362 g/mol. The summed E-state index contributed by atoms with van der Waals surface area (Å²) in [7, 11) is 0. The smallest absolute Gasteiger partial charge is 0.286 e. The van der Waals surface area contributed by atoms with Crippen LogP contribution in [0.15, 0.2) is 28.1 Å². The number of phenols is 1. The Morgan fingerprint density at radius 3 is 2.80 bits per heavy atom. The van der Waals surface area contributed by atoms with Crippen LogP contribution in [0.2, 0.25) is 0 Å². The molecule has 1 aromatic rings. The lowest BCUT2D eigenvalue weighted by molar-refractivity contribution is -0.113. The quantitative estimate of drug-likeness (QED) is 0.834. The van der Waals surface area contributed by atoms with E-state index in [0.29, 0.717) is 17.3 Å². The molecule has 0 saturated carbocycles. The van der Waals surface area contributed by atoms with Gasteiger partial charge in [0.15, 0.2) is 16.7 Å². The van der Waals surface area contributed by atoms with Crippen LogP contribution in [0.25, 0.3) is 6.08 Å². The van der Waals surface area contributed by atoms with E-state index in [2.05, 4.69) is 9.89 Å². The number of hydrogen-bond donors (Lipinski definition) is 1. The van der Waals surface area contributed by atoms with Crippen molar-refractivity contribution in [1.82, 2.24) is 4.90 Å². The number of amidine groups is 1. The largest absolute Gasteiger partial charge is 0.504 e. The Hall–Kier alpha value is -1.99. The fourth-order valence-electron chi connectivity index (χ4n) is 2.91. The fourth-order valence-corrected chi connectivity index (χ4v) is 3.84. The number of aliphatic imine (C=N–C) groups is 1. The minimum Gasteiger partial charge on any atom is -0.504 e. The molecule has 0 aromatic heterocycles. The lowest BCUT2D eigenvalue weighted by atomic mass is 10.2. The number of hydrogen-bond acceptors (Lipinski definition) is 6. The van der Waals surface area contributed by atoms with Crippen LogP contribution >= 0.6 is 11.8 Å². The fraction of sp³-hybridized carbons (Fsp3) is 0.444. The van der Waals surface area contributed by atoms with Gasteiger partial charge in [0.25, 0.3) is 5.91 Å². The van der Waals surface area contributed by atoms with Crippen molar-refractivity contribution in [3.63, 3.8) is 0 Å². The van der Waals surface area contributed by atoms with E-state index < -0.39 is 0 Å². The van der Waals surface area contributed by atoms with Gasteiger partial charge in [0.05, 0.1) is 23.7 Å². The molecule has 3 rings (SSSR count). The van der Waals surface area contributed by atoms with Gasteiger partial charge in [0.2, 0.25) is 0 Å². The Kier molecular flexibility index (Phi) is 5.34. The van der Waals surface area contributed by atoms with Gasteiger partial charge in [-0.15, -0.1) is 0 Å². The van der Waals surface area contributed by atoms with Crippen molar-refractivity contribution in [3.8, 4) is 11.5 Å². The second kappa shape index (κ2) is 7.49. The SMILES string of the molecule is CCOc1cc(/C=C2\SC(N3C[C@@H](C)O[C@@H](C)C3)=NC2=O)ccc1O. The molecule has 1 saturated heterocycles. The first-order valence-corrected chi connectivity index (χ1v) is 9.16. The summed E-state index contributed by atoms with van der Waals surface area (Å²) < 4.78 is 11.1. The Morgan fingerprint density at radius 1 is 1.40 bits per heavy atom. The van der Waals surface area contributed by atoms with Crippen LogP contribution in [-0.4, -0.2) is 53.0 Å². The van der Waals surface area contributed by atoms with Gasteiger partial charge in [-0.1, -0.05) is 6.07 Å². The molecule has 2 heterocycles. The number of nitrogens with zero attached hydrogens (tertiary/aromatic N) is 2. The average molecular weight is 362 g/mol. The molecule has 134 valence electrons. The highest BCUT2D eigenvalue weighted by molar-refractivity contribution is 8.18. The van der Waals surface area contributed by atoms with Crippen molar-refractivity contribution in [1.29, 1.82) is 0 Å². The Bertz CT molecular complexity index is 722. The Labute approximate surface area is 151 Å². The lowest BCUT2D eigenvalue weighted by Gasteiger charge is -2.35. The molecular formula is C18H22N2O4S. The number of carbonyl (C=O) groups is 1. The number of carbonyl (C=O) groups excluding carboxylic acids is 1. The molecule has 0 radical (unpaired) electrons. The van der Waals surface area contributed by atoms with Crippen LogP contribution in [0.5, 0.6) is 11.5 Å². The highest BCUT2D eigenvalue weighted by atomic mass is 32.2. The molecule has 25 heavy (non-hydrogen) atoms. The summed E-state index contributed by atoms with van der Waals surface area (Å²) >= 11 is 1.38. The zero-order valence-electron chi connectivity index (χ0n) is 14.6. The van der Waals surface area contributed by atoms with Gasteiger partial charge in [-0.05, 0) is 56.3 Å². The minimum absolute atomic E-state index is 0.0858. The van der Waals surface area contributed by atoms with E-state index in [1.54, 1.807) is 24.3 Å². The van der Waals surface area contributed by atoms with E-state index in [1.165, 1.54) is 11.8 Å². The molecule has 1 N–H and O–H groups in total. The number of aromatic hydroxyl groups is 1. The van der Waals surface area contributed by atoms with E-state index in [1.807, 2.05) is 20.8 Å². The lowest BCUT2D eigenvalue weighted by Crippen LogP contribution is -2.47. The van der Waals surface area contributed by atoms with E-state index in [9.17, 15) is 9.90 Å². The van der Waals surface area contributed by atoms with Gasteiger partial charge in [-0.2, -0.15) is 4.99 Å². The van der Waals surface area contributed by atoms with E-state index in [0.717, 1.165) is 23.8 Å². The maximum absolute atomic E-state index is 12.3. The topological polar surface area (TPSA) is 71.4 Å². The normalized spacial score (nSPS) is 25.4. The minimum atomic E-state index is -0.238. The first-order chi connectivity index (χ1) is 12.0. The predicted molar refractivity (Wildman–Crippen MR) is 98.9 cm³/mol. The van der Waals surface area contributed by atoms with Crippen LogP contribution in [-0.2, 0) is 9.53 Å². The first-order valence-electron chi connectivity index (χ1n) is 8.35. The maximum atomic E-state index is 12.3. The number of ether oxygens (including phenoxy) is 2. The molecule has 1 amide bonds. The van der Waals surface area contributed by atoms with Crippen LogP contribution in [0.1, 0.15) is 26.3 Å². The third kappa shape index (κ3) is 4.16. The second-order valence-corrected chi connectivity index (χ2v) is 7.14. The molecule has 1 aromatic carbocycles. The van der Waals surface area contributed by atoms with Gasteiger partial charge < -0.3 is 19.5 Å². The third-order valence-electron chi connectivity index (χ3n) is 3.88. The van der Waals surface area contributed by atoms with Crippen LogP contribution in [0, 0.1) is 0 Å².